The maximum absolute atomic E-state index is 5.46. The lowest BCUT2D eigenvalue weighted by Crippen LogP contribution is -2.38. The van der Waals surface area contributed by atoms with Crippen molar-refractivity contribution in [1.29, 1.82) is 0 Å². The van der Waals surface area contributed by atoms with Crippen LogP contribution in [0.15, 0.2) is 4.99 Å². The first-order chi connectivity index (χ1) is 11.9. The first-order valence-electron chi connectivity index (χ1n) is 9.95. The van der Waals surface area contributed by atoms with Crippen LogP contribution in [0.4, 0.5) is 0 Å². The monoisotopic (exact) mass is 341 g/mol. The summed E-state index contributed by atoms with van der Waals surface area (Å²) in [7, 11) is 1.70. The minimum Gasteiger partial charge on any atom is -0.382 e. The van der Waals surface area contributed by atoms with E-state index in [4.69, 9.17) is 9.47 Å². The number of ether oxygens (including phenoxy) is 2. The Kier molecular flexibility index (Phi) is 13.9. The average molecular weight is 342 g/mol. The standard InChI is InChI=1S/C19H39N3O2/c1-3-20-19(22-14-8-9-15-24-17-16-23-2)21-13-7-6-12-18-10-4-5-11-18/h18H,3-17H2,1-2H3,(H2,20,21,22). The highest BCUT2D eigenvalue weighted by Gasteiger charge is 2.13. The molecule has 1 rings (SSSR count). The van der Waals surface area contributed by atoms with Gasteiger partial charge in [0.05, 0.1) is 13.2 Å². The van der Waals surface area contributed by atoms with Crippen LogP contribution in [0.25, 0.3) is 0 Å². The minimum atomic E-state index is 0.677. The quantitative estimate of drug-likeness (QED) is 0.289. The number of rotatable bonds is 14. The number of methoxy groups -OCH3 is 1. The van der Waals surface area contributed by atoms with E-state index in [1.165, 1.54) is 44.9 Å². The lowest BCUT2D eigenvalue weighted by molar-refractivity contribution is 0.0689. The molecule has 0 aromatic rings. The largest absolute Gasteiger partial charge is 0.382 e. The van der Waals surface area contributed by atoms with Crippen molar-refractivity contribution < 1.29 is 9.47 Å². The van der Waals surface area contributed by atoms with Crippen molar-refractivity contribution in [2.75, 3.05) is 46.6 Å². The van der Waals surface area contributed by atoms with Gasteiger partial charge < -0.3 is 20.1 Å². The molecule has 1 fully saturated rings. The van der Waals surface area contributed by atoms with Crippen LogP contribution in [0.5, 0.6) is 0 Å². The van der Waals surface area contributed by atoms with Gasteiger partial charge in [-0.05, 0) is 32.1 Å². The molecule has 0 radical (unpaired) electrons. The number of aliphatic imine (C=N–C) groups is 1. The van der Waals surface area contributed by atoms with Crippen LogP contribution < -0.4 is 10.6 Å². The molecule has 0 aliphatic heterocycles. The van der Waals surface area contributed by atoms with Gasteiger partial charge in [-0.25, -0.2) is 0 Å². The maximum Gasteiger partial charge on any atom is 0.191 e. The number of hydrogen-bond acceptors (Lipinski definition) is 3. The molecule has 0 unspecified atom stereocenters. The van der Waals surface area contributed by atoms with Crippen molar-refractivity contribution in [3.05, 3.63) is 0 Å². The molecule has 0 bridgehead atoms. The maximum atomic E-state index is 5.46. The van der Waals surface area contributed by atoms with E-state index in [0.717, 1.165) is 51.0 Å². The highest BCUT2D eigenvalue weighted by atomic mass is 16.5. The molecular formula is C19H39N3O2. The van der Waals surface area contributed by atoms with Crippen LogP contribution in [-0.4, -0.2) is 52.5 Å². The summed E-state index contributed by atoms with van der Waals surface area (Å²) in [5, 5.41) is 6.74. The number of nitrogens with zero attached hydrogens (tertiary/aromatic N) is 1. The highest BCUT2D eigenvalue weighted by molar-refractivity contribution is 5.79. The molecule has 5 heteroatoms. The zero-order valence-corrected chi connectivity index (χ0v) is 15.9. The highest BCUT2D eigenvalue weighted by Crippen LogP contribution is 2.28. The molecule has 5 nitrogen and oxygen atoms in total. The van der Waals surface area contributed by atoms with Gasteiger partial charge in [0.2, 0.25) is 0 Å². The molecular weight excluding hydrogens is 302 g/mol. The summed E-state index contributed by atoms with van der Waals surface area (Å²) in [6.45, 7) is 7.07. The molecule has 0 heterocycles. The molecule has 2 N–H and O–H groups in total. The second-order valence-corrected chi connectivity index (χ2v) is 6.65. The Bertz CT molecular complexity index is 305. The molecule has 1 aliphatic carbocycles. The molecule has 24 heavy (non-hydrogen) atoms. The van der Waals surface area contributed by atoms with Crippen LogP contribution >= 0.6 is 0 Å². The van der Waals surface area contributed by atoms with Crippen molar-refractivity contribution in [3.63, 3.8) is 0 Å². The van der Waals surface area contributed by atoms with Crippen molar-refractivity contribution in [2.45, 2.75) is 64.7 Å². The van der Waals surface area contributed by atoms with E-state index in [9.17, 15) is 0 Å². The van der Waals surface area contributed by atoms with Gasteiger partial charge in [-0.1, -0.05) is 38.5 Å². The van der Waals surface area contributed by atoms with Crippen molar-refractivity contribution in [1.82, 2.24) is 10.6 Å². The zero-order chi connectivity index (χ0) is 17.3. The van der Waals surface area contributed by atoms with Crippen LogP contribution in [-0.2, 0) is 9.47 Å². The third-order valence-electron chi connectivity index (χ3n) is 4.55. The molecule has 1 saturated carbocycles. The van der Waals surface area contributed by atoms with Crippen LogP contribution in [0.2, 0.25) is 0 Å². The predicted octanol–water partition coefficient (Wildman–Crippen LogP) is 3.35. The topological polar surface area (TPSA) is 54.9 Å². The molecule has 0 aromatic heterocycles. The molecule has 0 saturated heterocycles. The lowest BCUT2D eigenvalue weighted by atomic mass is 10.0. The van der Waals surface area contributed by atoms with Crippen molar-refractivity contribution in [3.8, 4) is 0 Å². The summed E-state index contributed by atoms with van der Waals surface area (Å²) in [5.74, 6) is 1.96. The Morgan fingerprint density at radius 1 is 1.00 bits per heavy atom. The fourth-order valence-corrected chi connectivity index (χ4v) is 3.16. The second-order valence-electron chi connectivity index (χ2n) is 6.65. The number of unbranched alkanes of at least 4 members (excludes halogenated alkanes) is 2. The molecule has 1 aliphatic rings. The smallest absolute Gasteiger partial charge is 0.191 e. The van der Waals surface area contributed by atoms with E-state index in [0.29, 0.717) is 13.2 Å². The SMILES string of the molecule is CCNC(=NCCCCC1CCCC1)NCCCCOCCOC. The van der Waals surface area contributed by atoms with E-state index >= 15 is 0 Å². The molecule has 142 valence electrons. The third-order valence-corrected chi connectivity index (χ3v) is 4.55. The van der Waals surface area contributed by atoms with Gasteiger partial charge in [0.15, 0.2) is 5.96 Å². The summed E-state index contributed by atoms with van der Waals surface area (Å²) in [6, 6.07) is 0. The minimum absolute atomic E-state index is 0.677. The zero-order valence-electron chi connectivity index (χ0n) is 15.9. The number of guanidine groups is 1. The first kappa shape index (κ1) is 21.2. The number of nitrogens with one attached hydrogen (secondary N) is 2. The third kappa shape index (κ3) is 11.7. The van der Waals surface area contributed by atoms with Gasteiger partial charge in [-0.2, -0.15) is 0 Å². The lowest BCUT2D eigenvalue weighted by Gasteiger charge is -2.12. The van der Waals surface area contributed by atoms with Crippen LogP contribution in [0, 0.1) is 5.92 Å². The van der Waals surface area contributed by atoms with Crippen molar-refractivity contribution in [2.24, 2.45) is 10.9 Å². The van der Waals surface area contributed by atoms with Gasteiger partial charge in [-0.3, -0.25) is 4.99 Å². The van der Waals surface area contributed by atoms with Crippen LogP contribution in [0.3, 0.4) is 0 Å². The summed E-state index contributed by atoms with van der Waals surface area (Å²) in [4.78, 5) is 4.68. The van der Waals surface area contributed by atoms with E-state index in [2.05, 4.69) is 22.5 Å². The molecule has 0 amide bonds. The second kappa shape index (κ2) is 15.7. The van der Waals surface area contributed by atoms with Gasteiger partial charge >= 0.3 is 0 Å². The Morgan fingerprint density at radius 2 is 1.83 bits per heavy atom. The normalized spacial score (nSPS) is 15.8. The predicted molar refractivity (Wildman–Crippen MR) is 102 cm³/mol. The summed E-state index contributed by atoms with van der Waals surface area (Å²) in [6.07, 6.45) is 11.9. The summed E-state index contributed by atoms with van der Waals surface area (Å²) in [5.41, 5.74) is 0. The molecule has 0 atom stereocenters. The van der Waals surface area contributed by atoms with E-state index in [1.807, 2.05) is 0 Å². The van der Waals surface area contributed by atoms with Gasteiger partial charge in [0.25, 0.3) is 0 Å². The number of hydrogen-bond donors (Lipinski definition) is 2. The van der Waals surface area contributed by atoms with Gasteiger partial charge in [0.1, 0.15) is 0 Å². The Balaban J connectivity index is 2.00. The summed E-state index contributed by atoms with van der Waals surface area (Å²) >= 11 is 0. The Labute approximate surface area is 149 Å². The first-order valence-corrected chi connectivity index (χ1v) is 9.95. The van der Waals surface area contributed by atoms with Crippen molar-refractivity contribution >= 4 is 5.96 Å². The molecule has 0 aromatic carbocycles. The van der Waals surface area contributed by atoms with Gasteiger partial charge in [-0.15, -0.1) is 0 Å². The Hall–Kier alpha value is -0.810. The summed E-state index contributed by atoms with van der Waals surface area (Å²) < 4.78 is 10.4. The van der Waals surface area contributed by atoms with Crippen LogP contribution in [0.1, 0.15) is 64.7 Å². The van der Waals surface area contributed by atoms with E-state index < -0.39 is 0 Å². The van der Waals surface area contributed by atoms with Gasteiger partial charge in [0, 0.05) is 33.4 Å². The average Bonchev–Trinajstić information content (AvgIpc) is 3.10. The fraction of sp³-hybridized carbons (Fsp3) is 0.947. The van der Waals surface area contributed by atoms with E-state index in [-0.39, 0.29) is 0 Å². The Morgan fingerprint density at radius 3 is 2.58 bits per heavy atom. The fourth-order valence-electron chi connectivity index (χ4n) is 3.16. The van der Waals surface area contributed by atoms with E-state index in [1.54, 1.807) is 7.11 Å². The molecule has 0 spiro atoms.